The van der Waals surface area contributed by atoms with Crippen molar-refractivity contribution in [3.63, 3.8) is 0 Å². The predicted molar refractivity (Wildman–Crippen MR) is 80.3 cm³/mol. The summed E-state index contributed by atoms with van der Waals surface area (Å²) in [6, 6.07) is 12.0. The third-order valence-corrected chi connectivity index (χ3v) is 6.20. The van der Waals surface area contributed by atoms with E-state index in [1.165, 1.54) is 44.3 Å². The monoisotopic (exact) mass is 255 g/mol. The topological polar surface area (TPSA) is 3.24 Å². The molecule has 0 N–H and O–H groups in total. The van der Waals surface area contributed by atoms with E-state index in [0.717, 1.165) is 29.7 Å². The number of nitrogens with zero attached hydrogens (tertiary/aromatic N) is 1. The van der Waals surface area contributed by atoms with E-state index >= 15 is 0 Å². The number of hydrogen-bond acceptors (Lipinski definition) is 1. The van der Waals surface area contributed by atoms with Crippen molar-refractivity contribution in [1.29, 1.82) is 0 Å². The molecule has 0 amide bonds. The Morgan fingerprint density at radius 2 is 1.74 bits per heavy atom. The normalized spacial score (nSPS) is 41.1. The molecule has 19 heavy (non-hydrogen) atoms. The van der Waals surface area contributed by atoms with Crippen LogP contribution in [0.1, 0.15) is 39.0 Å². The van der Waals surface area contributed by atoms with Gasteiger partial charge >= 0.3 is 0 Å². The Bertz CT molecular complexity index is 440. The Morgan fingerprint density at radius 3 is 2.58 bits per heavy atom. The van der Waals surface area contributed by atoms with Crippen LogP contribution in [0, 0.1) is 23.7 Å². The lowest BCUT2D eigenvalue weighted by Gasteiger charge is -2.57. The fraction of sp³-hybridized carbons (Fsp3) is 0.667. The number of anilines is 1. The van der Waals surface area contributed by atoms with Gasteiger partial charge in [-0.15, -0.1) is 0 Å². The third kappa shape index (κ3) is 1.81. The van der Waals surface area contributed by atoms with Crippen molar-refractivity contribution in [2.45, 2.75) is 45.1 Å². The molecule has 3 aliphatic rings. The second-order valence-electron chi connectivity index (χ2n) is 7.02. The first-order valence-corrected chi connectivity index (χ1v) is 8.16. The van der Waals surface area contributed by atoms with E-state index in [-0.39, 0.29) is 0 Å². The smallest absolute Gasteiger partial charge is 0.0368 e. The van der Waals surface area contributed by atoms with Crippen LogP contribution >= 0.6 is 0 Å². The molecule has 0 spiro atoms. The molecular weight excluding hydrogens is 230 g/mol. The SMILES string of the molecule is CC1CC2C3CCCC1C3CCN2c1ccccc1. The fourth-order valence-electron chi connectivity index (χ4n) is 5.43. The van der Waals surface area contributed by atoms with Crippen molar-refractivity contribution >= 4 is 5.69 Å². The van der Waals surface area contributed by atoms with Crippen molar-refractivity contribution in [1.82, 2.24) is 0 Å². The number of piperidine rings is 1. The lowest BCUT2D eigenvalue weighted by Crippen LogP contribution is -2.57. The molecule has 1 aliphatic heterocycles. The van der Waals surface area contributed by atoms with Crippen molar-refractivity contribution in [2.75, 3.05) is 11.4 Å². The molecule has 3 fully saturated rings. The quantitative estimate of drug-likeness (QED) is 0.721. The molecule has 1 heterocycles. The molecule has 1 heteroatoms. The summed E-state index contributed by atoms with van der Waals surface area (Å²) in [4.78, 5) is 2.74. The Balaban J connectivity index is 1.66. The summed E-state index contributed by atoms with van der Waals surface area (Å²) < 4.78 is 0. The van der Waals surface area contributed by atoms with Gasteiger partial charge in [0.05, 0.1) is 0 Å². The van der Waals surface area contributed by atoms with Gasteiger partial charge in [-0.05, 0) is 61.5 Å². The van der Waals surface area contributed by atoms with Gasteiger partial charge in [0, 0.05) is 18.3 Å². The summed E-state index contributed by atoms with van der Waals surface area (Å²) in [6.07, 6.45) is 7.35. The molecule has 0 radical (unpaired) electrons. The van der Waals surface area contributed by atoms with Gasteiger partial charge in [-0.25, -0.2) is 0 Å². The molecule has 0 aromatic heterocycles. The summed E-state index contributed by atoms with van der Waals surface area (Å²) in [5, 5.41) is 0. The van der Waals surface area contributed by atoms with Crippen LogP contribution in [0.15, 0.2) is 30.3 Å². The Labute approximate surface area is 117 Å². The molecule has 4 rings (SSSR count). The molecule has 1 nitrogen and oxygen atoms in total. The van der Waals surface area contributed by atoms with Gasteiger partial charge in [0.25, 0.3) is 0 Å². The first kappa shape index (κ1) is 11.8. The van der Waals surface area contributed by atoms with Gasteiger partial charge in [-0.1, -0.05) is 31.5 Å². The Kier molecular flexibility index (Phi) is 2.82. The zero-order valence-corrected chi connectivity index (χ0v) is 12.0. The lowest BCUT2D eigenvalue weighted by atomic mass is 9.56. The van der Waals surface area contributed by atoms with Crippen molar-refractivity contribution in [3.05, 3.63) is 30.3 Å². The van der Waals surface area contributed by atoms with Crippen LogP contribution in [0.3, 0.4) is 0 Å². The van der Waals surface area contributed by atoms with Crippen LogP contribution in [0.4, 0.5) is 5.69 Å². The highest BCUT2D eigenvalue weighted by Crippen LogP contribution is 2.53. The minimum atomic E-state index is 0.827. The van der Waals surface area contributed by atoms with Gasteiger partial charge in [0.1, 0.15) is 0 Å². The first-order chi connectivity index (χ1) is 9.34. The van der Waals surface area contributed by atoms with Gasteiger partial charge < -0.3 is 4.90 Å². The maximum Gasteiger partial charge on any atom is 0.0368 e. The average molecular weight is 255 g/mol. The van der Waals surface area contributed by atoms with Gasteiger partial charge in [-0.3, -0.25) is 0 Å². The average Bonchev–Trinajstić information content (AvgIpc) is 2.45. The van der Waals surface area contributed by atoms with Crippen LogP contribution in [0.5, 0.6) is 0 Å². The minimum absolute atomic E-state index is 0.827. The molecule has 102 valence electrons. The molecule has 1 aromatic rings. The standard InChI is InChI=1S/C18H25N/c1-13-12-18-17-9-5-8-15(13)16(17)10-11-19(18)14-6-3-2-4-7-14/h2-4,6-7,13,15-18H,5,8-12H2,1H3. The minimum Gasteiger partial charge on any atom is -0.368 e. The summed E-state index contributed by atoms with van der Waals surface area (Å²) in [5.41, 5.74) is 1.46. The molecular formula is C18H25N. The highest BCUT2D eigenvalue weighted by atomic mass is 15.2. The molecule has 1 aromatic carbocycles. The summed E-state index contributed by atoms with van der Waals surface area (Å²) >= 11 is 0. The Morgan fingerprint density at radius 1 is 0.947 bits per heavy atom. The highest BCUT2D eigenvalue weighted by molar-refractivity contribution is 5.48. The summed E-state index contributed by atoms with van der Waals surface area (Å²) in [7, 11) is 0. The lowest BCUT2D eigenvalue weighted by molar-refractivity contribution is 0.00618. The van der Waals surface area contributed by atoms with Crippen molar-refractivity contribution in [2.24, 2.45) is 23.7 Å². The van der Waals surface area contributed by atoms with E-state index in [0.29, 0.717) is 0 Å². The van der Waals surface area contributed by atoms with Crippen LogP contribution < -0.4 is 4.90 Å². The molecule has 1 saturated heterocycles. The van der Waals surface area contributed by atoms with E-state index in [1.807, 2.05) is 0 Å². The molecule has 2 saturated carbocycles. The van der Waals surface area contributed by atoms with E-state index in [2.05, 4.69) is 42.2 Å². The highest BCUT2D eigenvalue weighted by Gasteiger charge is 2.49. The maximum atomic E-state index is 2.74. The molecule has 5 atom stereocenters. The van der Waals surface area contributed by atoms with Gasteiger partial charge in [-0.2, -0.15) is 0 Å². The number of para-hydroxylation sites is 1. The number of rotatable bonds is 1. The van der Waals surface area contributed by atoms with Crippen molar-refractivity contribution < 1.29 is 0 Å². The number of hydrogen-bond donors (Lipinski definition) is 0. The zero-order chi connectivity index (χ0) is 12.8. The second-order valence-corrected chi connectivity index (χ2v) is 7.02. The van der Waals surface area contributed by atoms with Crippen LogP contribution in [0.2, 0.25) is 0 Å². The Hall–Kier alpha value is -0.980. The zero-order valence-electron chi connectivity index (χ0n) is 12.0. The maximum absolute atomic E-state index is 2.74. The van der Waals surface area contributed by atoms with Gasteiger partial charge in [0.15, 0.2) is 0 Å². The third-order valence-electron chi connectivity index (χ3n) is 6.20. The largest absolute Gasteiger partial charge is 0.368 e. The number of benzene rings is 1. The summed E-state index contributed by atoms with van der Waals surface area (Å²) in [6.45, 7) is 3.81. The van der Waals surface area contributed by atoms with Crippen LogP contribution in [-0.2, 0) is 0 Å². The van der Waals surface area contributed by atoms with E-state index < -0.39 is 0 Å². The first-order valence-electron chi connectivity index (χ1n) is 8.16. The van der Waals surface area contributed by atoms with Gasteiger partial charge in [0.2, 0.25) is 0 Å². The summed E-state index contributed by atoms with van der Waals surface area (Å²) in [5.74, 6) is 4.03. The van der Waals surface area contributed by atoms with Crippen LogP contribution in [0.25, 0.3) is 0 Å². The predicted octanol–water partition coefficient (Wildman–Crippen LogP) is 4.34. The van der Waals surface area contributed by atoms with Crippen LogP contribution in [-0.4, -0.2) is 12.6 Å². The molecule has 4 bridgehead atoms. The molecule has 5 unspecified atom stereocenters. The van der Waals surface area contributed by atoms with E-state index in [9.17, 15) is 0 Å². The van der Waals surface area contributed by atoms with E-state index in [1.54, 1.807) is 0 Å². The van der Waals surface area contributed by atoms with Crippen molar-refractivity contribution in [3.8, 4) is 0 Å². The van der Waals surface area contributed by atoms with E-state index in [4.69, 9.17) is 0 Å². The molecule has 2 aliphatic carbocycles. The second kappa shape index (κ2) is 4.54. The fourth-order valence-corrected chi connectivity index (χ4v) is 5.43.